The van der Waals surface area contributed by atoms with E-state index in [2.05, 4.69) is 6.07 Å². The van der Waals surface area contributed by atoms with Crippen LogP contribution >= 0.6 is 0 Å². The molecule has 0 radical (unpaired) electrons. The minimum Gasteiger partial charge on any atom is -0.477 e. The largest absolute Gasteiger partial charge is 0.477 e. The number of aliphatic hydroxyl groups is 1. The van der Waals surface area contributed by atoms with E-state index in [4.69, 9.17) is 15.1 Å². The standard InChI is InChI=1S/C7H10N2O2/c1-9(3-2-8)4-5-11-7(10)6-9/h6H,3-5H2,1H3/p+1. The van der Waals surface area contributed by atoms with Crippen LogP contribution in [0.15, 0.2) is 12.1 Å². The van der Waals surface area contributed by atoms with Crippen LogP contribution in [0.25, 0.3) is 0 Å². The van der Waals surface area contributed by atoms with Crippen molar-refractivity contribution in [1.82, 2.24) is 0 Å². The lowest BCUT2D eigenvalue weighted by atomic mass is 10.4. The Morgan fingerprint density at radius 1 is 1.91 bits per heavy atom. The molecule has 4 heteroatoms. The van der Waals surface area contributed by atoms with Crippen LogP contribution in [0.1, 0.15) is 0 Å². The predicted molar refractivity (Wildman–Crippen MR) is 38.2 cm³/mol. The van der Waals surface area contributed by atoms with E-state index in [1.54, 1.807) is 6.20 Å². The van der Waals surface area contributed by atoms with E-state index in [0.29, 0.717) is 17.6 Å². The third-order valence-corrected chi connectivity index (χ3v) is 1.71. The van der Waals surface area contributed by atoms with Gasteiger partial charge in [-0.25, -0.2) is 0 Å². The number of rotatable bonds is 1. The first-order chi connectivity index (χ1) is 5.16. The SMILES string of the molecule is C[N+]1(CC#N)C=C(O)OCC1. The lowest BCUT2D eigenvalue weighted by Crippen LogP contribution is -2.44. The fourth-order valence-electron chi connectivity index (χ4n) is 1.01. The molecule has 1 rings (SSSR count). The Bertz CT molecular complexity index is 219. The summed E-state index contributed by atoms with van der Waals surface area (Å²) in [7, 11) is 1.88. The summed E-state index contributed by atoms with van der Waals surface area (Å²) in [6.45, 7) is 1.57. The van der Waals surface area contributed by atoms with Gasteiger partial charge in [-0.1, -0.05) is 0 Å². The second-order valence-corrected chi connectivity index (χ2v) is 2.84. The van der Waals surface area contributed by atoms with Crippen LogP contribution in [0.3, 0.4) is 0 Å². The number of hydrogen-bond acceptors (Lipinski definition) is 3. The maximum atomic E-state index is 8.99. The highest BCUT2D eigenvalue weighted by molar-refractivity contribution is 4.80. The van der Waals surface area contributed by atoms with Gasteiger partial charge in [0.25, 0.3) is 0 Å². The summed E-state index contributed by atoms with van der Waals surface area (Å²) in [5, 5.41) is 17.4. The Balaban J connectivity index is 2.71. The highest BCUT2D eigenvalue weighted by Gasteiger charge is 2.25. The molecule has 0 aliphatic carbocycles. The van der Waals surface area contributed by atoms with Gasteiger partial charge < -0.3 is 9.84 Å². The fraction of sp³-hybridized carbons (Fsp3) is 0.571. The zero-order chi connectivity index (χ0) is 8.32. The third-order valence-electron chi connectivity index (χ3n) is 1.71. The van der Waals surface area contributed by atoms with Crippen LogP contribution < -0.4 is 0 Å². The van der Waals surface area contributed by atoms with E-state index < -0.39 is 0 Å². The van der Waals surface area contributed by atoms with Gasteiger partial charge in [0.15, 0.2) is 12.7 Å². The molecule has 1 aliphatic heterocycles. The molecule has 0 aromatic rings. The summed E-state index contributed by atoms with van der Waals surface area (Å²) < 4.78 is 5.24. The summed E-state index contributed by atoms with van der Waals surface area (Å²) in [5.41, 5.74) is 0. The molecule has 4 nitrogen and oxygen atoms in total. The number of nitrogens with zero attached hydrogens (tertiary/aromatic N) is 2. The van der Waals surface area contributed by atoms with Crippen molar-refractivity contribution >= 4 is 0 Å². The molecule has 0 fully saturated rings. The predicted octanol–water partition coefficient (Wildman–Crippen LogP) is 0.344. The van der Waals surface area contributed by atoms with Crippen molar-refractivity contribution < 1.29 is 14.3 Å². The lowest BCUT2D eigenvalue weighted by Gasteiger charge is -2.30. The van der Waals surface area contributed by atoms with Crippen LogP contribution in [-0.2, 0) is 4.74 Å². The van der Waals surface area contributed by atoms with E-state index in [1.807, 2.05) is 7.05 Å². The Morgan fingerprint density at radius 2 is 2.64 bits per heavy atom. The highest BCUT2D eigenvalue weighted by atomic mass is 16.6. The first kappa shape index (κ1) is 7.89. The lowest BCUT2D eigenvalue weighted by molar-refractivity contribution is -0.858. The van der Waals surface area contributed by atoms with Crippen LogP contribution in [0, 0.1) is 11.3 Å². The van der Waals surface area contributed by atoms with Crippen molar-refractivity contribution in [2.45, 2.75) is 0 Å². The van der Waals surface area contributed by atoms with Crippen LogP contribution in [-0.4, -0.2) is 36.3 Å². The molecule has 1 unspecified atom stereocenters. The number of nitriles is 1. The maximum absolute atomic E-state index is 8.99. The average Bonchev–Trinajstić information content (AvgIpc) is 1.86. The Hall–Kier alpha value is -1.21. The average molecular weight is 155 g/mol. The van der Waals surface area contributed by atoms with Gasteiger partial charge in [0.2, 0.25) is 0 Å². The van der Waals surface area contributed by atoms with Gasteiger partial charge in [0.1, 0.15) is 19.2 Å². The molecular weight excluding hydrogens is 144 g/mol. The monoisotopic (exact) mass is 155 g/mol. The fourth-order valence-corrected chi connectivity index (χ4v) is 1.01. The van der Waals surface area contributed by atoms with E-state index >= 15 is 0 Å². The van der Waals surface area contributed by atoms with E-state index in [0.717, 1.165) is 6.54 Å². The summed E-state index contributed by atoms with van der Waals surface area (Å²) >= 11 is 0. The molecule has 0 aromatic carbocycles. The Kier molecular flexibility index (Phi) is 2.01. The molecular formula is C7H11N2O2+. The van der Waals surface area contributed by atoms with Gasteiger partial charge in [0.05, 0.1) is 7.05 Å². The first-order valence-corrected chi connectivity index (χ1v) is 3.42. The molecule has 1 heterocycles. The summed E-state index contributed by atoms with van der Waals surface area (Å²) in [4.78, 5) is 0. The first-order valence-electron chi connectivity index (χ1n) is 3.42. The molecule has 60 valence electrons. The van der Waals surface area contributed by atoms with E-state index in [9.17, 15) is 0 Å². The number of quaternary nitrogens is 1. The molecule has 11 heavy (non-hydrogen) atoms. The maximum Gasteiger partial charge on any atom is 0.333 e. The van der Waals surface area contributed by atoms with Crippen molar-refractivity contribution in [3.05, 3.63) is 12.1 Å². The quantitative estimate of drug-likeness (QED) is 0.439. The highest BCUT2D eigenvalue weighted by Crippen LogP contribution is 2.11. The normalized spacial score (nSPS) is 30.0. The second kappa shape index (κ2) is 2.81. The minimum atomic E-state index is -0.0750. The molecule has 0 saturated carbocycles. The Morgan fingerprint density at radius 3 is 3.18 bits per heavy atom. The summed E-state index contributed by atoms with van der Waals surface area (Å²) in [6, 6.07) is 2.06. The summed E-state index contributed by atoms with van der Waals surface area (Å²) in [6.07, 6.45) is 1.55. The number of hydrogen-bond donors (Lipinski definition) is 1. The molecule has 0 spiro atoms. The van der Waals surface area contributed by atoms with E-state index in [1.165, 1.54) is 0 Å². The number of ether oxygens (including phenoxy) is 1. The molecule has 0 amide bonds. The number of aliphatic hydroxyl groups excluding tert-OH is 1. The summed E-state index contributed by atoms with van der Waals surface area (Å²) in [5.74, 6) is -0.0750. The zero-order valence-corrected chi connectivity index (χ0v) is 6.45. The Labute approximate surface area is 65.5 Å². The smallest absolute Gasteiger partial charge is 0.333 e. The van der Waals surface area contributed by atoms with E-state index in [-0.39, 0.29) is 5.95 Å². The van der Waals surface area contributed by atoms with Gasteiger partial charge in [0, 0.05) is 0 Å². The molecule has 0 bridgehead atoms. The minimum absolute atomic E-state index is 0.0750. The van der Waals surface area contributed by atoms with Gasteiger partial charge in [-0.15, -0.1) is 0 Å². The van der Waals surface area contributed by atoms with Crippen LogP contribution in [0.2, 0.25) is 0 Å². The van der Waals surface area contributed by atoms with Crippen LogP contribution in [0.4, 0.5) is 0 Å². The van der Waals surface area contributed by atoms with Gasteiger partial charge >= 0.3 is 5.95 Å². The van der Waals surface area contributed by atoms with Crippen molar-refractivity contribution in [2.75, 3.05) is 26.7 Å². The topological polar surface area (TPSA) is 53.2 Å². The molecule has 1 atom stereocenters. The van der Waals surface area contributed by atoms with Gasteiger partial charge in [-0.3, -0.25) is 4.48 Å². The van der Waals surface area contributed by atoms with Crippen molar-refractivity contribution in [1.29, 1.82) is 5.26 Å². The van der Waals surface area contributed by atoms with Crippen molar-refractivity contribution in [3.63, 3.8) is 0 Å². The van der Waals surface area contributed by atoms with Crippen molar-refractivity contribution in [3.8, 4) is 6.07 Å². The molecule has 0 aromatic heterocycles. The van der Waals surface area contributed by atoms with Gasteiger partial charge in [-0.2, -0.15) is 5.26 Å². The van der Waals surface area contributed by atoms with Gasteiger partial charge in [-0.05, 0) is 0 Å². The molecule has 1 N–H and O–H groups in total. The van der Waals surface area contributed by atoms with Crippen LogP contribution in [0.5, 0.6) is 0 Å². The molecule has 1 aliphatic rings. The third kappa shape index (κ3) is 1.85. The zero-order valence-electron chi connectivity index (χ0n) is 6.45. The number of likely N-dealkylation sites (N-methyl/N-ethyl adjacent to an activating group) is 1. The second-order valence-electron chi connectivity index (χ2n) is 2.84. The molecule has 0 saturated heterocycles. The van der Waals surface area contributed by atoms with Crippen molar-refractivity contribution in [2.24, 2.45) is 0 Å².